The predicted octanol–water partition coefficient (Wildman–Crippen LogP) is -3.60. The zero-order valence-corrected chi connectivity index (χ0v) is 10.2. The van der Waals surface area contributed by atoms with Crippen LogP contribution in [0.1, 0.15) is 23.0 Å². The van der Waals surface area contributed by atoms with Crippen LogP contribution in [0.2, 0.25) is 0 Å². The summed E-state index contributed by atoms with van der Waals surface area (Å²) in [6.07, 6.45) is 0. The van der Waals surface area contributed by atoms with E-state index >= 15 is 0 Å². The molecule has 0 radical (unpaired) electrons. The molecule has 0 aliphatic heterocycles. The minimum Gasteiger partial charge on any atom is -0.583 e. The van der Waals surface area contributed by atoms with Gasteiger partial charge in [-0.05, 0) is 25.7 Å². The van der Waals surface area contributed by atoms with E-state index < -0.39 is 22.7 Å². The molecule has 0 saturated heterocycles. The van der Waals surface area contributed by atoms with Gasteiger partial charge in [0, 0.05) is 0 Å². The summed E-state index contributed by atoms with van der Waals surface area (Å²) in [6.45, 7) is 2.63. The minimum absolute atomic E-state index is 0. The summed E-state index contributed by atoms with van der Waals surface area (Å²) in [5, 5.41) is 10.9. The quantitative estimate of drug-likeness (QED) is 0.351. The fourth-order valence-electron chi connectivity index (χ4n) is 0.901. The van der Waals surface area contributed by atoms with E-state index in [2.05, 4.69) is 4.42 Å². The van der Waals surface area contributed by atoms with Gasteiger partial charge < -0.3 is 15.0 Å². The van der Waals surface area contributed by atoms with Gasteiger partial charge in [-0.2, -0.15) is 0 Å². The SMILES string of the molecule is CC(=O)c1c([O-])oc(C)cc1=O.O.[Na+]. The molecule has 1 aromatic rings. The third-order valence-electron chi connectivity index (χ3n) is 1.39. The van der Waals surface area contributed by atoms with Crippen molar-refractivity contribution in [2.45, 2.75) is 13.8 Å². The maximum Gasteiger partial charge on any atom is 1.00 e. The predicted molar refractivity (Wildman–Crippen MR) is 42.8 cm³/mol. The Bertz CT molecular complexity index is 382. The number of carbonyl (C=O) groups excluding carboxylic acids is 1. The van der Waals surface area contributed by atoms with Gasteiger partial charge in [0.15, 0.2) is 11.2 Å². The first-order chi connectivity index (χ1) is 5.52. The fraction of sp³-hybridized carbons (Fsp3) is 0.250. The number of hydrogen-bond donors (Lipinski definition) is 0. The van der Waals surface area contributed by atoms with Gasteiger partial charge in [-0.3, -0.25) is 9.59 Å². The number of rotatable bonds is 1. The third-order valence-corrected chi connectivity index (χ3v) is 1.39. The van der Waals surface area contributed by atoms with Crippen LogP contribution in [0.3, 0.4) is 0 Å². The molecule has 0 aliphatic rings. The van der Waals surface area contributed by atoms with Crippen molar-refractivity contribution in [1.29, 1.82) is 0 Å². The molecule has 0 saturated carbocycles. The molecular weight excluding hydrogens is 199 g/mol. The van der Waals surface area contributed by atoms with Crippen LogP contribution in [0.5, 0.6) is 5.95 Å². The Hall–Kier alpha value is -0.620. The van der Waals surface area contributed by atoms with Crippen molar-refractivity contribution in [1.82, 2.24) is 0 Å². The second-order valence-corrected chi connectivity index (χ2v) is 2.44. The van der Waals surface area contributed by atoms with Gasteiger partial charge >= 0.3 is 29.6 Å². The van der Waals surface area contributed by atoms with Crippen molar-refractivity contribution >= 4 is 5.78 Å². The van der Waals surface area contributed by atoms with Crippen LogP contribution in [-0.4, -0.2) is 11.3 Å². The van der Waals surface area contributed by atoms with Crippen LogP contribution >= 0.6 is 0 Å². The molecule has 1 heterocycles. The van der Waals surface area contributed by atoms with E-state index in [-0.39, 0.29) is 40.8 Å². The molecule has 0 bridgehead atoms. The average Bonchev–Trinajstić information content (AvgIpc) is 1.82. The Morgan fingerprint density at radius 1 is 1.50 bits per heavy atom. The molecule has 6 heteroatoms. The van der Waals surface area contributed by atoms with Crippen molar-refractivity contribution in [3.63, 3.8) is 0 Å². The van der Waals surface area contributed by atoms with E-state index in [1.165, 1.54) is 6.92 Å². The summed E-state index contributed by atoms with van der Waals surface area (Å²) in [4.78, 5) is 21.8. The van der Waals surface area contributed by atoms with Crippen LogP contribution < -0.4 is 40.1 Å². The van der Waals surface area contributed by atoms with Crippen molar-refractivity contribution in [3.8, 4) is 5.95 Å². The number of Topliss-reactive ketones (excluding diaryl/α,β-unsaturated/α-hetero) is 1. The number of ketones is 1. The van der Waals surface area contributed by atoms with Gasteiger partial charge in [-0.15, -0.1) is 0 Å². The molecular formula is C8H9NaO5. The Morgan fingerprint density at radius 2 is 2.00 bits per heavy atom. The first kappa shape index (κ1) is 15.8. The van der Waals surface area contributed by atoms with Crippen molar-refractivity contribution in [3.05, 3.63) is 27.6 Å². The minimum atomic E-state index is -0.854. The van der Waals surface area contributed by atoms with E-state index in [0.29, 0.717) is 0 Å². The first-order valence-corrected chi connectivity index (χ1v) is 3.35. The largest absolute Gasteiger partial charge is 1.00 e. The van der Waals surface area contributed by atoms with Gasteiger partial charge in [-0.1, -0.05) is 0 Å². The maximum absolute atomic E-state index is 11.0. The zero-order chi connectivity index (χ0) is 9.30. The first-order valence-electron chi connectivity index (χ1n) is 3.35. The van der Waals surface area contributed by atoms with Crippen LogP contribution in [-0.2, 0) is 0 Å². The topological polar surface area (TPSA) is 102 Å². The molecule has 0 unspecified atom stereocenters. The smallest absolute Gasteiger partial charge is 0.583 e. The number of aryl methyl sites for hydroxylation is 1. The van der Waals surface area contributed by atoms with Gasteiger partial charge in [-0.25, -0.2) is 0 Å². The normalized spacial score (nSPS) is 8.43. The monoisotopic (exact) mass is 208 g/mol. The van der Waals surface area contributed by atoms with Crippen LogP contribution in [0.25, 0.3) is 0 Å². The molecule has 2 N–H and O–H groups in total. The van der Waals surface area contributed by atoms with Crippen molar-refractivity contribution in [2.75, 3.05) is 0 Å². The number of carbonyl (C=O) groups is 1. The maximum atomic E-state index is 11.0. The van der Waals surface area contributed by atoms with Crippen LogP contribution in [0, 0.1) is 6.92 Å². The molecule has 72 valence electrons. The average molecular weight is 208 g/mol. The molecule has 0 aromatic carbocycles. The van der Waals surface area contributed by atoms with E-state index in [4.69, 9.17) is 0 Å². The molecule has 1 aromatic heterocycles. The van der Waals surface area contributed by atoms with Crippen molar-refractivity contribution < 1.29 is 49.4 Å². The Kier molecular flexibility index (Phi) is 6.76. The van der Waals surface area contributed by atoms with E-state index in [9.17, 15) is 14.7 Å². The summed E-state index contributed by atoms with van der Waals surface area (Å²) in [7, 11) is 0. The molecule has 0 aliphatic carbocycles. The van der Waals surface area contributed by atoms with Gasteiger partial charge in [0.1, 0.15) is 0 Å². The summed E-state index contributed by atoms with van der Waals surface area (Å²) in [5.41, 5.74) is -0.975. The number of hydrogen-bond acceptors (Lipinski definition) is 4. The standard InChI is InChI=1S/C8H8O4.Na.H2O/c1-4-3-6(10)7(5(2)9)8(11)12-4;;/h3,11H,1-2H3;;1H2/q;+1;/p-1. The fourth-order valence-corrected chi connectivity index (χ4v) is 0.901. The Labute approximate surface area is 102 Å². The molecule has 14 heavy (non-hydrogen) atoms. The summed E-state index contributed by atoms with van der Waals surface area (Å²) in [6, 6.07) is 1.12. The van der Waals surface area contributed by atoms with Gasteiger partial charge in [0.2, 0.25) is 0 Å². The van der Waals surface area contributed by atoms with E-state index in [0.717, 1.165) is 13.0 Å². The van der Waals surface area contributed by atoms with E-state index in [1.54, 1.807) is 0 Å². The second-order valence-electron chi connectivity index (χ2n) is 2.44. The second kappa shape index (κ2) is 5.98. The van der Waals surface area contributed by atoms with E-state index in [1.807, 2.05) is 0 Å². The molecule has 0 fully saturated rings. The van der Waals surface area contributed by atoms with Crippen molar-refractivity contribution in [2.24, 2.45) is 0 Å². The Morgan fingerprint density at radius 3 is 2.36 bits per heavy atom. The zero-order valence-electron chi connectivity index (χ0n) is 8.21. The summed E-state index contributed by atoms with van der Waals surface area (Å²) < 4.78 is 4.57. The molecule has 0 amide bonds. The van der Waals surface area contributed by atoms with Crippen LogP contribution in [0.15, 0.2) is 15.3 Å². The molecule has 5 nitrogen and oxygen atoms in total. The third kappa shape index (κ3) is 3.26. The molecule has 0 atom stereocenters. The van der Waals surface area contributed by atoms with Gasteiger partial charge in [0.05, 0.1) is 11.5 Å². The van der Waals surface area contributed by atoms with Gasteiger partial charge in [0.25, 0.3) is 0 Å². The summed E-state index contributed by atoms with van der Waals surface area (Å²) >= 11 is 0. The molecule has 0 spiro atoms. The summed E-state index contributed by atoms with van der Waals surface area (Å²) in [5.74, 6) is -1.20. The Balaban J connectivity index is 0. The molecule has 1 rings (SSSR count). The van der Waals surface area contributed by atoms with Crippen LogP contribution in [0.4, 0.5) is 0 Å².